The van der Waals surface area contributed by atoms with Crippen LogP contribution in [0.2, 0.25) is 0 Å². The van der Waals surface area contributed by atoms with Crippen molar-refractivity contribution in [1.82, 2.24) is 20.4 Å². The van der Waals surface area contributed by atoms with Gasteiger partial charge in [0, 0.05) is 25.3 Å². The number of aryl methyl sites for hydroxylation is 4. The SMILES string of the molecule is CCNC(=NCCOc1c(C)cccc1C)NC(C)Cc1c(C)nn(C)c1C. The normalized spacial score (nSPS) is 12.8. The van der Waals surface area contributed by atoms with Gasteiger partial charge in [0.25, 0.3) is 0 Å². The zero-order chi connectivity index (χ0) is 20.7. The summed E-state index contributed by atoms with van der Waals surface area (Å²) in [5, 5.41) is 11.3. The van der Waals surface area contributed by atoms with Gasteiger partial charge in [-0.1, -0.05) is 18.2 Å². The second-order valence-corrected chi connectivity index (χ2v) is 7.35. The van der Waals surface area contributed by atoms with Crippen molar-refractivity contribution in [1.29, 1.82) is 0 Å². The molecule has 1 aromatic heterocycles. The molecular weight excluding hydrogens is 350 g/mol. The Morgan fingerprint density at radius 2 is 1.89 bits per heavy atom. The molecule has 0 spiro atoms. The van der Waals surface area contributed by atoms with E-state index < -0.39 is 0 Å². The summed E-state index contributed by atoms with van der Waals surface area (Å²) in [6, 6.07) is 6.44. The summed E-state index contributed by atoms with van der Waals surface area (Å²) in [4.78, 5) is 4.67. The van der Waals surface area contributed by atoms with Gasteiger partial charge in [-0.05, 0) is 64.7 Å². The molecule has 0 fully saturated rings. The number of nitrogens with zero attached hydrogens (tertiary/aromatic N) is 3. The Balaban J connectivity index is 1.92. The molecule has 28 heavy (non-hydrogen) atoms. The number of rotatable bonds is 8. The molecule has 1 unspecified atom stereocenters. The van der Waals surface area contributed by atoms with Gasteiger partial charge < -0.3 is 15.4 Å². The number of ether oxygens (including phenoxy) is 1. The number of para-hydroxylation sites is 1. The van der Waals surface area contributed by atoms with Crippen LogP contribution in [0.1, 0.15) is 41.9 Å². The minimum atomic E-state index is 0.249. The molecule has 1 aromatic carbocycles. The summed E-state index contributed by atoms with van der Waals surface area (Å²) < 4.78 is 7.90. The fraction of sp³-hybridized carbons (Fsp3) is 0.545. The van der Waals surface area contributed by atoms with Gasteiger partial charge in [-0.3, -0.25) is 4.68 Å². The lowest BCUT2D eigenvalue weighted by atomic mass is 10.1. The van der Waals surface area contributed by atoms with Gasteiger partial charge in [0.15, 0.2) is 5.96 Å². The molecule has 0 saturated carbocycles. The summed E-state index contributed by atoms with van der Waals surface area (Å²) in [5.41, 5.74) is 5.93. The van der Waals surface area contributed by atoms with E-state index in [0.29, 0.717) is 13.2 Å². The predicted octanol–water partition coefficient (Wildman–Crippen LogP) is 3.22. The third kappa shape index (κ3) is 5.75. The molecule has 1 atom stereocenters. The molecule has 0 radical (unpaired) electrons. The topological polar surface area (TPSA) is 63.5 Å². The molecule has 0 aliphatic rings. The molecule has 0 amide bonds. The third-order valence-electron chi connectivity index (χ3n) is 4.91. The molecule has 2 N–H and O–H groups in total. The molecule has 2 rings (SSSR count). The van der Waals surface area contributed by atoms with Crippen LogP contribution in [0.15, 0.2) is 23.2 Å². The summed E-state index contributed by atoms with van der Waals surface area (Å²) in [6.45, 7) is 14.5. The number of aliphatic imine (C=N–C) groups is 1. The lowest BCUT2D eigenvalue weighted by Gasteiger charge is -2.18. The molecule has 6 heteroatoms. The first-order valence-corrected chi connectivity index (χ1v) is 10.1. The number of guanidine groups is 1. The van der Waals surface area contributed by atoms with Gasteiger partial charge in [0.1, 0.15) is 12.4 Å². The molecule has 2 aromatic rings. The first kappa shape index (κ1) is 21.8. The van der Waals surface area contributed by atoms with Gasteiger partial charge in [0.2, 0.25) is 0 Å². The predicted molar refractivity (Wildman–Crippen MR) is 116 cm³/mol. The quantitative estimate of drug-likeness (QED) is 0.416. The monoisotopic (exact) mass is 385 g/mol. The highest BCUT2D eigenvalue weighted by Crippen LogP contribution is 2.22. The van der Waals surface area contributed by atoms with Crippen molar-refractivity contribution in [3.63, 3.8) is 0 Å². The van der Waals surface area contributed by atoms with Crippen molar-refractivity contribution in [2.24, 2.45) is 12.0 Å². The zero-order valence-corrected chi connectivity index (χ0v) is 18.4. The van der Waals surface area contributed by atoms with Crippen LogP contribution in [-0.4, -0.2) is 41.5 Å². The van der Waals surface area contributed by atoms with Crippen molar-refractivity contribution in [2.75, 3.05) is 19.7 Å². The Labute approximate surface area is 169 Å². The van der Waals surface area contributed by atoms with Crippen LogP contribution in [0.3, 0.4) is 0 Å². The lowest BCUT2D eigenvalue weighted by Crippen LogP contribution is -2.43. The maximum atomic E-state index is 5.96. The Bertz CT molecular complexity index is 789. The second kappa shape index (κ2) is 10.2. The van der Waals surface area contributed by atoms with Crippen molar-refractivity contribution >= 4 is 5.96 Å². The molecule has 0 saturated heterocycles. The van der Waals surface area contributed by atoms with Crippen LogP contribution in [0.25, 0.3) is 0 Å². The molecule has 6 nitrogen and oxygen atoms in total. The molecule has 0 bridgehead atoms. The molecule has 0 aliphatic heterocycles. The zero-order valence-electron chi connectivity index (χ0n) is 18.4. The van der Waals surface area contributed by atoms with E-state index in [4.69, 9.17) is 4.74 Å². The lowest BCUT2D eigenvalue weighted by molar-refractivity contribution is 0.324. The van der Waals surface area contributed by atoms with Crippen molar-refractivity contribution < 1.29 is 4.74 Å². The average molecular weight is 386 g/mol. The first-order chi connectivity index (χ1) is 13.3. The summed E-state index contributed by atoms with van der Waals surface area (Å²) >= 11 is 0. The second-order valence-electron chi connectivity index (χ2n) is 7.35. The van der Waals surface area contributed by atoms with E-state index in [1.54, 1.807) is 0 Å². The van der Waals surface area contributed by atoms with Gasteiger partial charge in [0.05, 0.1) is 12.2 Å². The van der Waals surface area contributed by atoms with Crippen LogP contribution in [0, 0.1) is 27.7 Å². The number of hydrogen-bond acceptors (Lipinski definition) is 3. The minimum absolute atomic E-state index is 0.249. The van der Waals surface area contributed by atoms with Gasteiger partial charge in [-0.15, -0.1) is 0 Å². The Morgan fingerprint density at radius 3 is 2.46 bits per heavy atom. The average Bonchev–Trinajstić information content (AvgIpc) is 2.87. The van der Waals surface area contributed by atoms with Crippen LogP contribution >= 0.6 is 0 Å². The van der Waals surface area contributed by atoms with Crippen molar-refractivity contribution in [3.8, 4) is 5.75 Å². The van der Waals surface area contributed by atoms with E-state index >= 15 is 0 Å². The van der Waals surface area contributed by atoms with Crippen molar-refractivity contribution in [3.05, 3.63) is 46.3 Å². The highest BCUT2D eigenvalue weighted by Gasteiger charge is 2.14. The number of nitrogens with one attached hydrogen (secondary N) is 2. The molecule has 1 heterocycles. The van der Waals surface area contributed by atoms with E-state index in [2.05, 4.69) is 80.5 Å². The molecular formula is C22H35N5O. The smallest absolute Gasteiger partial charge is 0.191 e. The van der Waals surface area contributed by atoms with E-state index in [9.17, 15) is 0 Å². The Morgan fingerprint density at radius 1 is 1.21 bits per heavy atom. The van der Waals surface area contributed by atoms with Gasteiger partial charge >= 0.3 is 0 Å². The van der Waals surface area contributed by atoms with Crippen LogP contribution in [0.4, 0.5) is 0 Å². The van der Waals surface area contributed by atoms with Crippen molar-refractivity contribution in [2.45, 2.75) is 54.0 Å². The Hall–Kier alpha value is -2.50. The molecule has 154 valence electrons. The van der Waals surface area contributed by atoms with E-state index in [1.807, 2.05) is 11.7 Å². The summed E-state index contributed by atoms with van der Waals surface area (Å²) in [5.74, 6) is 1.78. The first-order valence-electron chi connectivity index (χ1n) is 10.1. The third-order valence-corrected chi connectivity index (χ3v) is 4.91. The molecule has 0 aliphatic carbocycles. The van der Waals surface area contributed by atoms with Crippen LogP contribution in [-0.2, 0) is 13.5 Å². The highest BCUT2D eigenvalue weighted by atomic mass is 16.5. The number of aromatic nitrogens is 2. The number of benzene rings is 1. The summed E-state index contributed by atoms with van der Waals surface area (Å²) in [7, 11) is 1.99. The number of hydrogen-bond donors (Lipinski definition) is 2. The minimum Gasteiger partial charge on any atom is -0.491 e. The summed E-state index contributed by atoms with van der Waals surface area (Å²) in [6.07, 6.45) is 0.912. The maximum absolute atomic E-state index is 5.96. The van der Waals surface area contributed by atoms with Gasteiger partial charge in [-0.2, -0.15) is 5.10 Å². The van der Waals surface area contributed by atoms with Crippen LogP contribution < -0.4 is 15.4 Å². The fourth-order valence-electron chi connectivity index (χ4n) is 3.36. The highest BCUT2D eigenvalue weighted by molar-refractivity contribution is 5.80. The standard InChI is InChI=1S/C22H35N5O/c1-8-23-22(24-12-13-28-21-15(2)10-9-11-16(21)3)25-17(4)14-20-18(5)26-27(7)19(20)6/h9-11,17H,8,12-14H2,1-7H3,(H2,23,24,25). The van der Waals surface area contributed by atoms with E-state index in [-0.39, 0.29) is 6.04 Å². The van der Waals surface area contributed by atoms with Crippen LogP contribution in [0.5, 0.6) is 5.75 Å². The van der Waals surface area contributed by atoms with E-state index in [1.165, 1.54) is 11.3 Å². The maximum Gasteiger partial charge on any atom is 0.191 e. The van der Waals surface area contributed by atoms with Gasteiger partial charge in [-0.25, -0.2) is 4.99 Å². The fourth-order valence-corrected chi connectivity index (χ4v) is 3.36. The Kier molecular flexibility index (Phi) is 7.91. The largest absolute Gasteiger partial charge is 0.491 e. The van der Waals surface area contributed by atoms with E-state index in [0.717, 1.165) is 41.5 Å².